The van der Waals surface area contributed by atoms with Crippen molar-refractivity contribution in [2.45, 2.75) is 65.2 Å². The van der Waals surface area contributed by atoms with Gasteiger partial charge in [-0.3, -0.25) is 14.4 Å². The Balaban J connectivity index is 1.57. The first kappa shape index (κ1) is 14.2. The van der Waals surface area contributed by atoms with E-state index in [-0.39, 0.29) is 0 Å². The number of aromatic nitrogens is 2. The van der Waals surface area contributed by atoms with Crippen molar-refractivity contribution >= 4 is 5.91 Å². The predicted octanol–water partition coefficient (Wildman–Crippen LogP) is 2.31. The number of rotatable bonds is 5. The molecule has 4 rings (SSSR count). The lowest BCUT2D eigenvalue weighted by Gasteiger charge is -2.18. The molecular formula is C17H26N4O. The van der Waals surface area contributed by atoms with Crippen LogP contribution in [0, 0.1) is 5.92 Å². The van der Waals surface area contributed by atoms with Crippen LogP contribution in [0.3, 0.4) is 0 Å². The molecule has 0 unspecified atom stereocenters. The van der Waals surface area contributed by atoms with Gasteiger partial charge in [-0.05, 0) is 39.0 Å². The fraction of sp³-hybridized carbons (Fsp3) is 0.765. The second kappa shape index (κ2) is 5.37. The van der Waals surface area contributed by atoms with Gasteiger partial charge in [-0.1, -0.05) is 0 Å². The Morgan fingerprint density at radius 1 is 1.27 bits per heavy atom. The number of hydrogen-bond acceptors (Lipinski definition) is 3. The molecule has 1 aliphatic carbocycles. The minimum atomic E-state index is 0.292. The first-order valence-corrected chi connectivity index (χ1v) is 8.71. The summed E-state index contributed by atoms with van der Waals surface area (Å²) < 4.78 is 2.19. The van der Waals surface area contributed by atoms with E-state index in [0.29, 0.717) is 24.9 Å². The maximum absolute atomic E-state index is 11.9. The second-order valence-corrected chi connectivity index (χ2v) is 7.44. The fourth-order valence-corrected chi connectivity index (χ4v) is 3.80. The molecule has 2 aliphatic heterocycles. The Morgan fingerprint density at radius 2 is 2.09 bits per heavy atom. The molecule has 2 fully saturated rings. The van der Waals surface area contributed by atoms with E-state index in [1.165, 1.54) is 30.6 Å². The summed E-state index contributed by atoms with van der Waals surface area (Å²) in [5.74, 6) is 1.22. The molecule has 1 saturated carbocycles. The van der Waals surface area contributed by atoms with Crippen LogP contribution in [0.4, 0.5) is 0 Å². The highest BCUT2D eigenvalue weighted by Gasteiger charge is 2.33. The van der Waals surface area contributed by atoms with Crippen molar-refractivity contribution in [2.75, 3.05) is 13.1 Å². The summed E-state index contributed by atoms with van der Waals surface area (Å²) in [6.45, 7) is 9.28. The minimum Gasteiger partial charge on any atom is -0.337 e. The first-order chi connectivity index (χ1) is 10.6. The molecule has 0 N–H and O–H groups in total. The lowest BCUT2D eigenvalue weighted by atomic mass is 10.2. The first-order valence-electron chi connectivity index (χ1n) is 8.71. The molecular weight excluding hydrogens is 276 g/mol. The van der Waals surface area contributed by atoms with E-state index in [2.05, 4.69) is 23.4 Å². The maximum Gasteiger partial charge on any atom is 0.222 e. The predicted molar refractivity (Wildman–Crippen MR) is 84.1 cm³/mol. The third-order valence-corrected chi connectivity index (χ3v) is 5.17. The van der Waals surface area contributed by atoms with Crippen molar-refractivity contribution in [3.8, 4) is 0 Å². The van der Waals surface area contributed by atoms with Crippen LogP contribution in [-0.2, 0) is 24.4 Å². The topological polar surface area (TPSA) is 41.4 Å². The number of likely N-dealkylation sites (tertiary alicyclic amines) is 1. The van der Waals surface area contributed by atoms with E-state index in [9.17, 15) is 4.79 Å². The van der Waals surface area contributed by atoms with Gasteiger partial charge in [-0.2, -0.15) is 5.10 Å². The van der Waals surface area contributed by atoms with Crippen LogP contribution in [0.1, 0.15) is 62.5 Å². The number of carbonyl (C=O) groups excluding carboxylic acids is 1. The minimum absolute atomic E-state index is 0.292. The van der Waals surface area contributed by atoms with Gasteiger partial charge in [0.25, 0.3) is 0 Å². The van der Waals surface area contributed by atoms with E-state index in [0.717, 1.165) is 37.7 Å². The van der Waals surface area contributed by atoms with E-state index in [4.69, 9.17) is 5.10 Å². The highest BCUT2D eigenvalue weighted by Crippen LogP contribution is 2.35. The molecule has 120 valence electrons. The van der Waals surface area contributed by atoms with Crippen molar-refractivity contribution < 1.29 is 4.79 Å². The molecule has 3 heterocycles. The zero-order valence-corrected chi connectivity index (χ0v) is 13.7. The number of hydrogen-bond donors (Lipinski definition) is 0. The van der Waals surface area contributed by atoms with Crippen molar-refractivity contribution in [2.24, 2.45) is 5.92 Å². The third-order valence-electron chi connectivity index (χ3n) is 5.17. The number of amides is 1. The Hall–Kier alpha value is -1.36. The Morgan fingerprint density at radius 3 is 2.73 bits per heavy atom. The summed E-state index contributed by atoms with van der Waals surface area (Å²) in [6, 6.07) is 0.387. The van der Waals surface area contributed by atoms with Gasteiger partial charge in [0, 0.05) is 44.2 Å². The molecule has 0 atom stereocenters. The second-order valence-electron chi connectivity index (χ2n) is 7.44. The Labute approximate surface area is 132 Å². The molecule has 0 spiro atoms. The fourth-order valence-electron chi connectivity index (χ4n) is 3.80. The summed E-state index contributed by atoms with van der Waals surface area (Å²) in [4.78, 5) is 16.5. The summed E-state index contributed by atoms with van der Waals surface area (Å²) in [6.07, 6.45) is 4.51. The van der Waals surface area contributed by atoms with Crippen LogP contribution in [0.25, 0.3) is 0 Å². The monoisotopic (exact) mass is 302 g/mol. The Kier molecular flexibility index (Phi) is 3.48. The van der Waals surface area contributed by atoms with Crippen LogP contribution in [-0.4, -0.2) is 38.6 Å². The number of fused-ring (bicyclic) bond motifs is 1. The standard InChI is InChI=1S/C17H26N4O/c1-12(2)21-16-11-19(8-13-5-6-13)9-14(16)15(18-21)10-20-7-3-4-17(20)22/h12-13H,3-11H2,1-2H3. The normalized spacial score (nSPS) is 22.1. The van der Waals surface area contributed by atoms with Gasteiger partial charge in [-0.25, -0.2) is 0 Å². The van der Waals surface area contributed by atoms with Gasteiger partial charge in [0.2, 0.25) is 5.91 Å². The summed E-state index contributed by atoms with van der Waals surface area (Å²) in [5.41, 5.74) is 3.92. The van der Waals surface area contributed by atoms with Crippen LogP contribution in [0.5, 0.6) is 0 Å². The largest absolute Gasteiger partial charge is 0.337 e. The molecule has 0 aromatic carbocycles. The van der Waals surface area contributed by atoms with Gasteiger partial charge in [0.15, 0.2) is 0 Å². The molecule has 1 saturated heterocycles. The number of nitrogens with zero attached hydrogens (tertiary/aromatic N) is 4. The summed E-state index contributed by atoms with van der Waals surface area (Å²) in [7, 11) is 0. The van der Waals surface area contributed by atoms with Gasteiger partial charge in [0.05, 0.1) is 17.9 Å². The van der Waals surface area contributed by atoms with Gasteiger partial charge in [-0.15, -0.1) is 0 Å². The summed E-state index contributed by atoms with van der Waals surface area (Å²) in [5, 5.41) is 4.85. The van der Waals surface area contributed by atoms with Gasteiger partial charge in [0.1, 0.15) is 0 Å². The zero-order valence-electron chi connectivity index (χ0n) is 13.7. The van der Waals surface area contributed by atoms with Crippen molar-refractivity contribution in [3.05, 3.63) is 17.0 Å². The molecule has 5 nitrogen and oxygen atoms in total. The van der Waals surface area contributed by atoms with Gasteiger partial charge < -0.3 is 4.90 Å². The molecule has 0 radical (unpaired) electrons. The molecule has 3 aliphatic rings. The Bertz CT molecular complexity index is 588. The van der Waals surface area contributed by atoms with Crippen LogP contribution < -0.4 is 0 Å². The highest BCUT2D eigenvalue weighted by molar-refractivity contribution is 5.78. The van der Waals surface area contributed by atoms with Crippen molar-refractivity contribution in [3.63, 3.8) is 0 Å². The third kappa shape index (κ3) is 2.56. The molecule has 0 bridgehead atoms. The quantitative estimate of drug-likeness (QED) is 0.838. The molecule has 1 aromatic rings. The molecule has 22 heavy (non-hydrogen) atoms. The summed E-state index contributed by atoms with van der Waals surface area (Å²) >= 11 is 0. The van der Waals surface area contributed by atoms with Crippen LogP contribution >= 0.6 is 0 Å². The highest BCUT2D eigenvalue weighted by atomic mass is 16.2. The van der Waals surface area contributed by atoms with Crippen molar-refractivity contribution in [1.29, 1.82) is 0 Å². The van der Waals surface area contributed by atoms with E-state index in [1.54, 1.807) is 0 Å². The molecule has 1 aromatic heterocycles. The average Bonchev–Trinajstić information content (AvgIpc) is 2.88. The van der Waals surface area contributed by atoms with Crippen LogP contribution in [0.2, 0.25) is 0 Å². The van der Waals surface area contributed by atoms with Gasteiger partial charge >= 0.3 is 0 Å². The number of carbonyl (C=O) groups is 1. The van der Waals surface area contributed by atoms with E-state index >= 15 is 0 Å². The molecule has 1 amide bonds. The smallest absolute Gasteiger partial charge is 0.222 e. The van der Waals surface area contributed by atoms with Crippen LogP contribution in [0.15, 0.2) is 0 Å². The zero-order chi connectivity index (χ0) is 15.3. The molecule has 5 heteroatoms. The average molecular weight is 302 g/mol. The van der Waals surface area contributed by atoms with E-state index < -0.39 is 0 Å². The SMILES string of the molecule is CC(C)n1nc(CN2CCCC2=O)c2c1CN(CC1CC1)C2. The van der Waals surface area contributed by atoms with Crippen molar-refractivity contribution in [1.82, 2.24) is 19.6 Å². The maximum atomic E-state index is 11.9. The van der Waals surface area contributed by atoms with E-state index in [1.807, 2.05) is 4.90 Å². The lowest BCUT2D eigenvalue weighted by molar-refractivity contribution is -0.128. The lowest BCUT2D eigenvalue weighted by Crippen LogP contribution is -2.26.